The van der Waals surface area contributed by atoms with E-state index in [1.54, 1.807) is 7.11 Å². The molecule has 0 aromatic heterocycles. The van der Waals surface area contributed by atoms with Gasteiger partial charge in [0.2, 0.25) is 0 Å². The molecule has 2 atom stereocenters. The van der Waals surface area contributed by atoms with Crippen molar-refractivity contribution in [1.29, 1.82) is 0 Å². The van der Waals surface area contributed by atoms with Crippen LogP contribution in [-0.2, 0) is 0 Å². The van der Waals surface area contributed by atoms with Gasteiger partial charge in [-0.2, -0.15) is 0 Å². The number of benzene rings is 1. The van der Waals surface area contributed by atoms with Crippen LogP contribution in [0.15, 0.2) is 18.2 Å². The Morgan fingerprint density at radius 2 is 2.20 bits per heavy atom. The number of hydrazine groups is 1. The first-order chi connectivity index (χ1) is 7.20. The lowest BCUT2D eigenvalue weighted by Gasteiger charge is -2.14. The molecule has 0 bridgehead atoms. The van der Waals surface area contributed by atoms with Crippen molar-refractivity contribution in [3.63, 3.8) is 0 Å². The summed E-state index contributed by atoms with van der Waals surface area (Å²) < 4.78 is 5.32. The summed E-state index contributed by atoms with van der Waals surface area (Å²) in [5.41, 5.74) is 14.1. The molecule has 82 valence electrons. The van der Waals surface area contributed by atoms with Gasteiger partial charge in [0.05, 0.1) is 13.2 Å². The highest BCUT2D eigenvalue weighted by Gasteiger charge is 2.24. The Morgan fingerprint density at radius 1 is 1.40 bits per heavy atom. The summed E-state index contributed by atoms with van der Waals surface area (Å²) in [7, 11) is 1.68. The number of nitrogens with one attached hydrogen (secondary N) is 2. The molecule has 1 aliphatic heterocycles. The van der Waals surface area contributed by atoms with E-state index in [0.29, 0.717) is 6.04 Å². The predicted octanol–water partition coefficient (Wildman–Crippen LogP) is 1.20. The van der Waals surface area contributed by atoms with Gasteiger partial charge in [0, 0.05) is 17.3 Å². The van der Waals surface area contributed by atoms with Gasteiger partial charge in [-0.05, 0) is 31.5 Å². The molecule has 0 amide bonds. The molecule has 2 unspecified atom stereocenters. The van der Waals surface area contributed by atoms with E-state index in [1.165, 1.54) is 0 Å². The SMILES string of the molecule is COc1ccc(N)cc1C1CC(C)NN1. The minimum atomic E-state index is 0.276. The summed E-state index contributed by atoms with van der Waals surface area (Å²) in [6, 6.07) is 6.49. The van der Waals surface area contributed by atoms with Crippen LogP contribution < -0.4 is 21.3 Å². The van der Waals surface area contributed by atoms with Gasteiger partial charge in [0.15, 0.2) is 0 Å². The van der Waals surface area contributed by atoms with Crippen LogP contribution in [0.1, 0.15) is 24.9 Å². The third kappa shape index (κ3) is 2.06. The molecule has 0 radical (unpaired) electrons. The highest BCUT2D eigenvalue weighted by atomic mass is 16.5. The lowest BCUT2D eigenvalue weighted by Crippen LogP contribution is -2.29. The second kappa shape index (κ2) is 4.08. The maximum atomic E-state index is 5.78. The average Bonchev–Trinajstić information content (AvgIpc) is 2.65. The van der Waals surface area contributed by atoms with Crippen molar-refractivity contribution in [2.75, 3.05) is 12.8 Å². The normalized spacial score (nSPS) is 25.5. The molecule has 0 spiro atoms. The molecule has 0 saturated carbocycles. The highest BCUT2D eigenvalue weighted by molar-refractivity contribution is 5.49. The van der Waals surface area contributed by atoms with E-state index in [2.05, 4.69) is 17.8 Å². The van der Waals surface area contributed by atoms with Crippen LogP contribution in [0.3, 0.4) is 0 Å². The minimum Gasteiger partial charge on any atom is -0.496 e. The van der Waals surface area contributed by atoms with Crippen molar-refractivity contribution < 1.29 is 4.74 Å². The number of ether oxygens (including phenoxy) is 1. The minimum absolute atomic E-state index is 0.276. The maximum Gasteiger partial charge on any atom is 0.123 e. The van der Waals surface area contributed by atoms with E-state index in [0.717, 1.165) is 23.4 Å². The molecule has 1 aromatic rings. The van der Waals surface area contributed by atoms with Crippen molar-refractivity contribution in [3.8, 4) is 5.75 Å². The highest BCUT2D eigenvalue weighted by Crippen LogP contribution is 2.31. The van der Waals surface area contributed by atoms with Gasteiger partial charge in [-0.25, -0.2) is 5.43 Å². The molecular weight excluding hydrogens is 190 g/mol. The van der Waals surface area contributed by atoms with E-state index in [-0.39, 0.29) is 6.04 Å². The van der Waals surface area contributed by atoms with E-state index < -0.39 is 0 Å². The lowest BCUT2D eigenvalue weighted by atomic mass is 10.0. The fraction of sp³-hybridized carbons (Fsp3) is 0.455. The smallest absolute Gasteiger partial charge is 0.123 e. The van der Waals surface area contributed by atoms with Crippen LogP contribution in [0.2, 0.25) is 0 Å². The summed E-state index contributed by atoms with van der Waals surface area (Å²) in [6.45, 7) is 2.14. The van der Waals surface area contributed by atoms with Gasteiger partial charge in [-0.1, -0.05) is 0 Å². The molecule has 1 heterocycles. The number of rotatable bonds is 2. The number of anilines is 1. The van der Waals surface area contributed by atoms with Gasteiger partial charge in [0.1, 0.15) is 5.75 Å². The van der Waals surface area contributed by atoms with Gasteiger partial charge < -0.3 is 10.5 Å². The average molecular weight is 207 g/mol. The van der Waals surface area contributed by atoms with E-state index in [9.17, 15) is 0 Å². The second-order valence-electron chi connectivity index (χ2n) is 3.98. The molecule has 15 heavy (non-hydrogen) atoms. The maximum absolute atomic E-state index is 5.78. The van der Waals surface area contributed by atoms with Crippen molar-refractivity contribution >= 4 is 5.69 Å². The zero-order valence-electron chi connectivity index (χ0n) is 9.08. The molecule has 4 N–H and O–H groups in total. The summed E-state index contributed by atoms with van der Waals surface area (Å²) in [6.07, 6.45) is 1.04. The Labute approximate surface area is 89.8 Å². The molecule has 4 nitrogen and oxygen atoms in total. The van der Waals surface area contributed by atoms with Crippen LogP contribution in [-0.4, -0.2) is 13.2 Å². The fourth-order valence-electron chi connectivity index (χ4n) is 1.94. The van der Waals surface area contributed by atoms with Crippen molar-refractivity contribution in [1.82, 2.24) is 10.9 Å². The number of nitrogens with two attached hydrogens (primary N) is 1. The van der Waals surface area contributed by atoms with E-state index in [4.69, 9.17) is 10.5 Å². The van der Waals surface area contributed by atoms with Crippen LogP contribution in [0, 0.1) is 0 Å². The van der Waals surface area contributed by atoms with Crippen molar-refractivity contribution in [3.05, 3.63) is 23.8 Å². The van der Waals surface area contributed by atoms with Gasteiger partial charge >= 0.3 is 0 Å². The monoisotopic (exact) mass is 207 g/mol. The van der Waals surface area contributed by atoms with Gasteiger partial charge in [-0.3, -0.25) is 5.43 Å². The summed E-state index contributed by atoms with van der Waals surface area (Å²) >= 11 is 0. The molecule has 1 fully saturated rings. The third-order valence-electron chi connectivity index (χ3n) is 2.72. The van der Waals surface area contributed by atoms with Crippen LogP contribution in [0.5, 0.6) is 5.75 Å². The van der Waals surface area contributed by atoms with Crippen LogP contribution in [0.4, 0.5) is 5.69 Å². The Hall–Kier alpha value is -1.26. The standard InChI is InChI=1S/C11H17N3O/c1-7-5-10(14-13-7)9-6-8(12)3-4-11(9)15-2/h3-4,6-7,10,13-14H,5,12H2,1-2H3. The third-order valence-corrected chi connectivity index (χ3v) is 2.72. The lowest BCUT2D eigenvalue weighted by molar-refractivity contribution is 0.402. The topological polar surface area (TPSA) is 59.3 Å². The van der Waals surface area contributed by atoms with Gasteiger partial charge in [-0.15, -0.1) is 0 Å². The molecule has 2 rings (SSSR count). The largest absolute Gasteiger partial charge is 0.496 e. The quantitative estimate of drug-likeness (QED) is 0.638. The number of hydrogen-bond acceptors (Lipinski definition) is 4. The first-order valence-electron chi connectivity index (χ1n) is 5.15. The fourth-order valence-corrected chi connectivity index (χ4v) is 1.94. The molecule has 4 heteroatoms. The van der Waals surface area contributed by atoms with Gasteiger partial charge in [0.25, 0.3) is 0 Å². The number of hydrogen-bond donors (Lipinski definition) is 3. The molecule has 1 saturated heterocycles. The Kier molecular flexibility index (Phi) is 2.79. The summed E-state index contributed by atoms with van der Waals surface area (Å²) in [4.78, 5) is 0. The Morgan fingerprint density at radius 3 is 2.80 bits per heavy atom. The van der Waals surface area contributed by atoms with E-state index in [1.807, 2.05) is 18.2 Å². The molecular formula is C11H17N3O. The van der Waals surface area contributed by atoms with E-state index >= 15 is 0 Å². The zero-order valence-corrected chi connectivity index (χ0v) is 9.08. The zero-order chi connectivity index (χ0) is 10.8. The van der Waals surface area contributed by atoms with Crippen molar-refractivity contribution in [2.24, 2.45) is 0 Å². The predicted molar refractivity (Wildman–Crippen MR) is 60.5 cm³/mol. The summed E-state index contributed by atoms with van der Waals surface area (Å²) in [5, 5.41) is 0. The first kappa shape index (κ1) is 10.3. The van der Waals surface area contributed by atoms with Crippen LogP contribution >= 0.6 is 0 Å². The molecule has 0 aliphatic carbocycles. The Balaban J connectivity index is 2.29. The summed E-state index contributed by atoms with van der Waals surface area (Å²) in [5.74, 6) is 0.887. The Bertz CT molecular complexity index is 354. The first-order valence-corrected chi connectivity index (χ1v) is 5.15. The second-order valence-corrected chi connectivity index (χ2v) is 3.98. The number of nitrogen functional groups attached to an aromatic ring is 1. The molecule has 1 aromatic carbocycles. The molecule has 1 aliphatic rings. The van der Waals surface area contributed by atoms with Crippen molar-refractivity contribution in [2.45, 2.75) is 25.4 Å². The van der Waals surface area contributed by atoms with Crippen LogP contribution in [0.25, 0.3) is 0 Å². The number of methoxy groups -OCH3 is 1.